The first-order valence-corrected chi connectivity index (χ1v) is 7.73. The fraction of sp³-hybridized carbons (Fsp3) is 0.647. The molecule has 4 heteroatoms. The monoisotopic (exact) mass is 293 g/mol. The summed E-state index contributed by atoms with van der Waals surface area (Å²) in [5, 5.41) is 3.45. The van der Waals surface area contributed by atoms with Gasteiger partial charge in [-0.25, -0.2) is 0 Å². The predicted octanol–water partition coefficient (Wildman–Crippen LogP) is 2.46. The number of likely N-dealkylation sites (N-methyl/N-ethyl adjacent to an activating group) is 1. The fourth-order valence-corrected chi connectivity index (χ4v) is 2.61. The molecule has 0 saturated heterocycles. The second kappa shape index (κ2) is 7.78. The number of rotatable bonds is 8. The normalized spacial score (nSPS) is 24.7. The van der Waals surface area contributed by atoms with Crippen molar-refractivity contribution in [3.8, 4) is 5.75 Å². The van der Waals surface area contributed by atoms with E-state index < -0.39 is 0 Å². The zero-order valence-electron chi connectivity index (χ0n) is 13.5. The molecule has 2 rings (SSSR count). The number of ether oxygens (including phenoxy) is 3. The maximum atomic E-state index is 6.10. The molecule has 3 atom stereocenters. The van der Waals surface area contributed by atoms with Gasteiger partial charge in [-0.1, -0.05) is 13.0 Å². The van der Waals surface area contributed by atoms with E-state index in [-0.39, 0.29) is 12.2 Å². The van der Waals surface area contributed by atoms with E-state index in [1.54, 1.807) is 7.11 Å². The SMILES string of the molecule is CCNC1CC(Oc2ccc(C)c(C)c2)C1OCCOC. The van der Waals surface area contributed by atoms with Gasteiger partial charge >= 0.3 is 0 Å². The zero-order valence-corrected chi connectivity index (χ0v) is 13.5. The maximum absolute atomic E-state index is 6.10. The van der Waals surface area contributed by atoms with E-state index in [0.717, 1.165) is 18.7 Å². The number of hydrogen-bond donors (Lipinski definition) is 1. The molecule has 0 amide bonds. The highest BCUT2D eigenvalue weighted by Crippen LogP contribution is 2.30. The second-order valence-electron chi connectivity index (χ2n) is 5.63. The fourth-order valence-electron chi connectivity index (χ4n) is 2.61. The highest BCUT2D eigenvalue weighted by molar-refractivity contribution is 5.34. The summed E-state index contributed by atoms with van der Waals surface area (Å²) in [5.41, 5.74) is 2.54. The van der Waals surface area contributed by atoms with Crippen LogP contribution in [-0.4, -0.2) is 45.1 Å². The van der Waals surface area contributed by atoms with Crippen LogP contribution in [0.25, 0.3) is 0 Å². The van der Waals surface area contributed by atoms with Crippen molar-refractivity contribution in [1.29, 1.82) is 0 Å². The van der Waals surface area contributed by atoms with E-state index in [1.807, 2.05) is 6.07 Å². The zero-order chi connectivity index (χ0) is 15.2. The lowest BCUT2D eigenvalue weighted by Gasteiger charge is -2.44. The Morgan fingerprint density at radius 3 is 2.67 bits per heavy atom. The minimum atomic E-state index is 0.0988. The molecule has 3 unspecified atom stereocenters. The summed E-state index contributed by atoms with van der Waals surface area (Å²) >= 11 is 0. The van der Waals surface area contributed by atoms with Crippen LogP contribution in [0, 0.1) is 13.8 Å². The molecule has 1 saturated carbocycles. The summed E-state index contributed by atoms with van der Waals surface area (Å²) < 4.78 is 17.1. The molecule has 21 heavy (non-hydrogen) atoms. The molecular weight excluding hydrogens is 266 g/mol. The molecule has 0 aliphatic heterocycles. The van der Waals surface area contributed by atoms with Crippen LogP contribution in [-0.2, 0) is 9.47 Å². The standard InChI is InChI=1S/C17H27NO3/c1-5-18-15-11-16(17(15)20-9-8-19-4)21-14-7-6-12(2)13(3)10-14/h6-7,10,15-18H,5,8-9,11H2,1-4H3. The van der Waals surface area contributed by atoms with Crippen LogP contribution in [0.15, 0.2) is 18.2 Å². The first-order valence-electron chi connectivity index (χ1n) is 7.73. The molecule has 1 aromatic rings. The van der Waals surface area contributed by atoms with Crippen molar-refractivity contribution >= 4 is 0 Å². The van der Waals surface area contributed by atoms with E-state index >= 15 is 0 Å². The Labute approximate surface area is 127 Å². The Morgan fingerprint density at radius 2 is 2.00 bits per heavy atom. The third kappa shape index (κ3) is 4.19. The quantitative estimate of drug-likeness (QED) is 0.747. The van der Waals surface area contributed by atoms with Crippen molar-refractivity contribution in [2.45, 2.75) is 45.4 Å². The van der Waals surface area contributed by atoms with Crippen LogP contribution in [0.2, 0.25) is 0 Å². The molecule has 0 radical (unpaired) electrons. The highest BCUT2D eigenvalue weighted by atomic mass is 16.6. The topological polar surface area (TPSA) is 39.7 Å². The summed E-state index contributed by atoms with van der Waals surface area (Å²) in [7, 11) is 1.69. The van der Waals surface area contributed by atoms with Crippen LogP contribution in [0.3, 0.4) is 0 Å². The van der Waals surface area contributed by atoms with Gasteiger partial charge in [0.05, 0.1) is 13.2 Å². The van der Waals surface area contributed by atoms with Gasteiger partial charge in [0.15, 0.2) is 0 Å². The number of hydrogen-bond acceptors (Lipinski definition) is 4. The van der Waals surface area contributed by atoms with Gasteiger partial charge in [0.1, 0.15) is 18.0 Å². The molecule has 1 aromatic carbocycles. The van der Waals surface area contributed by atoms with Gasteiger partial charge in [-0.2, -0.15) is 0 Å². The first kappa shape index (κ1) is 16.3. The number of methoxy groups -OCH3 is 1. The molecule has 0 aromatic heterocycles. The van der Waals surface area contributed by atoms with Crippen LogP contribution in [0.1, 0.15) is 24.5 Å². The van der Waals surface area contributed by atoms with Crippen LogP contribution < -0.4 is 10.1 Å². The van der Waals surface area contributed by atoms with E-state index in [2.05, 4.69) is 38.2 Å². The number of aryl methyl sites for hydroxylation is 2. The molecule has 118 valence electrons. The summed E-state index contributed by atoms with van der Waals surface area (Å²) in [5.74, 6) is 0.929. The Hall–Kier alpha value is -1.10. The van der Waals surface area contributed by atoms with Crippen molar-refractivity contribution in [2.24, 2.45) is 0 Å². The van der Waals surface area contributed by atoms with Gasteiger partial charge in [-0.15, -0.1) is 0 Å². The van der Waals surface area contributed by atoms with Crippen molar-refractivity contribution in [3.05, 3.63) is 29.3 Å². The average molecular weight is 293 g/mol. The Morgan fingerprint density at radius 1 is 1.19 bits per heavy atom. The third-order valence-electron chi connectivity index (χ3n) is 4.08. The molecule has 0 heterocycles. The minimum Gasteiger partial charge on any atom is -0.488 e. The number of benzene rings is 1. The Bertz CT molecular complexity index is 450. The molecule has 0 bridgehead atoms. The van der Waals surface area contributed by atoms with E-state index in [9.17, 15) is 0 Å². The van der Waals surface area contributed by atoms with Gasteiger partial charge < -0.3 is 19.5 Å². The third-order valence-corrected chi connectivity index (χ3v) is 4.08. The largest absolute Gasteiger partial charge is 0.488 e. The van der Waals surface area contributed by atoms with Crippen molar-refractivity contribution in [3.63, 3.8) is 0 Å². The van der Waals surface area contributed by atoms with E-state index in [0.29, 0.717) is 19.3 Å². The minimum absolute atomic E-state index is 0.0988. The molecule has 0 spiro atoms. The highest BCUT2D eigenvalue weighted by Gasteiger charge is 2.43. The summed E-state index contributed by atoms with van der Waals surface area (Å²) in [6, 6.07) is 6.62. The molecule has 4 nitrogen and oxygen atoms in total. The van der Waals surface area contributed by atoms with Gasteiger partial charge in [0.2, 0.25) is 0 Å². The van der Waals surface area contributed by atoms with Crippen molar-refractivity contribution in [2.75, 3.05) is 26.9 Å². The van der Waals surface area contributed by atoms with Gasteiger partial charge in [-0.05, 0) is 43.7 Å². The Balaban J connectivity index is 1.92. The Kier molecular flexibility index (Phi) is 6.03. The number of nitrogens with one attached hydrogen (secondary N) is 1. The van der Waals surface area contributed by atoms with Crippen LogP contribution in [0.5, 0.6) is 5.75 Å². The van der Waals surface area contributed by atoms with E-state index in [1.165, 1.54) is 11.1 Å². The molecule has 1 N–H and O–H groups in total. The van der Waals surface area contributed by atoms with Crippen LogP contribution >= 0.6 is 0 Å². The molecular formula is C17H27NO3. The molecule has 1 fully saturated rings. The van der Waals surface area contributed by atoms with E-state index in [4.69, 9.17) is 14.2 Å². The van der Waals surface area contributed by atoms with Gasteiger partial charge in [0, 0.05) is 19.6 Å². The van der Waals surface area contributed by atoms with Crippen LogP contribution in [0.4, 0.5) is 0 Å². The van der Waals surface area contributed by atoms with Crippen molar-refractivity contribution < 1.29 is 14.2 Å². The van der Waals surface area contributed by atoms with Crippen molar-refractivity contribution in [1.82, 2.24) is 5.32 Å². The summed E-state index contributed by atoms with van der Waals surface area (Å²) in [6.07, 6.45) is 1.20. The molecule has 1 aliphatic carbocycles. The molecule has 1 aliphatic rings. The predicted molar refractivity (Wildman–Crippen MR) is 84.0 cm³/mol. The average Bonchev–Trinajstić information content (AvgIpc) is 2.46. The second-order valence-corrected chi connectivity index (χ2v) is 5.63. The lowest BCUT2D eigenvalue weighted by Crippen LogP contribution is -2.61. The summed E-state index contributed by atoms with van der Waals surface area (Å²) in [4.78, 5) is 0. The smallest absolute Gasteiger partial charge is 0.128 e. The maximum Gasteiger partial charge on any atom is 0.128 e. The summed E-state index contributed by atoms with van der Waals surface area (Å²) in [6.45, 7) is 8.51. The lowest BCUT2D eigenvalue weighted by atomic mass is 9.85. The van der Waals surface area contributed by atoms with Gasteiger partial charge in [-0.3, -0.25) is 0 Å². The first-order chi connectivity index (χ1) is 10.2. The lowest BCUT2D eigenvalue weighted by molar-refractivity contribution is -0.115. The van der Waals surface area contributed by atoms with Gasteiger partial charge in [0.25, 0.3) is 0 Å².